The van der Waals surface area contributed by atoms with E-state index in [9.17, 15) is 14.7 Å². The van der Waals surface area contributed by atoms with E-state index in [0.717, 1.165) is 25.0 Å². The molecule has 0 aromatic carbocycles. The Labute approximate surface area is 119 Å². The third-order valence-electron chi connectivity index (χ3n) is 2.96. The molecule has 0 bridgehead atoms. The lowest BCUT2D eigenvalue weighted by Gasteiger charge is -2.26. The van der Waals surface area contributed by atoms with Crippen molar-refractivity contribution >= 4 is 23.6 Å². The molecule has 0 spiro atoms. The lowest BCUT2D eigenvalue weighted by molar-refractivity contribution is -0.144. The standard InChI is InChI=1S/C13H26N2O3S/c1-4-8-15-13(2,12(17)18)7-5-6-9-19-10-11(16)14-3/h15H,4-10H2,1-3H3,(H,14,16)(H,17,18). The van der Waals surface area contributed by atoms with Crippen LogP contribution in [-0.4, -0.2) is 47.6 Å². The van der Waals surface area contributed by atoms with Gasteiger partial charge in [0.25, 0.3) is 0 Å². The first kappa shape index (κ1) is 18.2. The third kappa shape index (κ3) is 8.10. The van der Waals surface area contributed by atoms with Crippen LogP contribution < -0.4 is 10.6 Å². The molecule has 0 rings (SSSR count). The van der Waals surface area contributed by atoms with Crippen LogP contribution in [0.2, 0.25) is 0 Å². The Balaban J connectivity index is 3.82. The summed E-state index contributed by atoms with van der Waals surface area (Å²) in [6, 6.07) is 0. The zero-order valence-corrected chi connectivity index (χ0v) is 12.9. The van der Waals surface area contributed by atoms with Gasteiger partial charge in [0.1, 0.15) is 5.54 Å². The van der Waals surface area contributed by atoms with Gasteiger partial charge in [0.15, 0.2) is 0 Å². The molecule has 5 nitrogen and oxygen atoms in total. The molecule has 0 aliphatic carbocycles. The predicted octanol–water partition coefficient (Wildman–Crippen LogP) is 1.48. The SMILES string of the molecule is CCCNC(C)(CCCCSCC(=O)NC)C(=O)O. The number of hydrogen-bond donors (Lipinski definition) is 3. The summed E-state index contributed by atoms with van der Waals surface area (Å²) in [6.07, 6.45) is 3.31. The Bertz CT molecular complexity index is 287. The topological polar surface area (TPSA) is 78.4 Å². The Kier molecular flexibility index (Phi) is 9.69. The van der Waals surface area contributed by atoms with Crippen molar-refractivity contribution in [2.45, 2.75) is 45.1 Å². The van der Waals surface area contributed by atoms with Crippen LogP contribution >= 0.6 is 11.8 Å². The van der Waals surface area contributed by atoms with Gasteiger partial charge in [-0.15, -0.1) is 0 Å². The van der Waals surface area contributed by atoms with Crippen LogP contribution in [0.3, 0.4) is 0 Å². The predicted molar refractivity (Wildman–Crippen MR) is 79.6 cm³/mol. The first-order valence-corrected chi connectivity index (χ1v) is 7.88. The van der Waals surface area contributed by atoms with E-state index in [-0.39, 0.29) is 5.91 Å². The van der Waals surface area contributed by atoms with Crippen molar-refractivity contribution < 1.29 is 14.7 Å². The van der Waals surface area contributed by atoms with Gasteiger partial charge < -0.3 is 15.7 Å². The molecule has 1 atom stereocenters. The van der Waals surface area contributed by atoms with Crippen molar-refractivity contribution in [1.29, 1.82) is 0 Å². The summed E-state index contributed by atoms with van der Waals surface area (Å²) < 4.78 is 0. The van der Waals surface area contributed by atoms with E-state index in [2.05, 4.69) is 10.6 Å². The van der Waals surface area contributed by atoms with Crippen molar-refractivity contribution in [3.63, 3.8) is 0 Å². The average Bonchev–Trinajstić information content (AvgIpc) is 2.39. The van der Waals surface area contributed by atoms with Crippen LogP contribution in [0.4, 0.5) is 0 Å². The summed E-state index contributed by atoms with van der Waals surface area (Å²) in [7, 11) is 1.63. The van der Waals surface area contributed by atoms with E-state index in [1.165, 1.54) is 0 Å². The van der Waals surface area contributed by atoms with Gasteiger partial charge in [-0.1, -0.05) is 13.3 Å². The molecule has 112 valence electrons. The van der Waals surface area contributed by atoms with Gasteiger partial charge >= 0.3 is 5.97 Å². The first-order valence-electron chi connectivity index (χ1n) is 6.73. The second-order valence-corrected chi connectivity index (χ2v) is 5.85. The van der Waals surface area contributed by atoms with Crippen molar-refractivity contribution in [2.75, 3.05) is 25.1 Å². The van der Waals surface area contributed by atoms with Crippen LogP contribution in [0.1, 0.15) is 39.5 Å². The lowest BCUT2D eigenvalue weighted by atomic mass is 9.95. The van der Waals surface area contributed by atoms with Crippen molar-refractivity contribution in [1.82, 2.24) is 10.6 Å². The number of nitrogens with one attached hydrogen (secondary N) is 2. The molecular formula is C13H26N2O3S. The molecule has 1 unspecified atom stereocenters. The molecule has 0 aliphatic rings. The van der Waals surface area contributed by atoms with Gasteiger partial charge in [0.2, 0.25) is 5.91 Å². The molecule has 0 aromatic heterocycles. The molecule has 0 saturated heterocycles. The van der Waals surface area contributed by atoms with Crippen LogP contribution in [0.5, 0.6) is 0 Å². The molecule has 0 fully saturated rings. The van der Waals surface area contributed by atoms with E-state index in [0.29, 0.717) is 18.7 Å². The Morgan fingerprint density at radius 2 is 2.00 bits per heavy atom. The van der Waals surface area contributed by atoms with Gasteiger partial charge in [-0.3, -0.25) is 9.59 Å². The van der Waals surface area contributed by atoms with E-state index >= 15 is 0 Å². The Hall–Kier alpha value is -0.750. The zero-order valence-electron chi connectivity index (χ0n) is 12.1. The highest BCUT2D eigenvalue weighted by Crippen LogP contribution is 2.16. The highest BCUT2D eigenvalue weighted by molar-refractivity contribution is 7.99. The summed E-state index contributed by atoms with van der Waals surface area (Å²) in [6.45, 7) is 4.47. The summed E-state index contributed by atoms with van der Waals surface area (Å²) in [5.41, 5.74) is -0.832. The number of hydrogen-bond acceptors (Lipinski definition) is 4. The normalized spacial score (nSPS) is 13.8. The van der Waals surface area contributed by atoms with Gasteiger partial charge in [0.05, 0.1) is 5.75 Å². The molecule has 3 N–H and O–H groups in total. The minimum absolute atomic E-state index is 0.0324. The Morgan fingerprint density at radius 3 is 2.53 bits per heavy atom. The van der Waals surface area contributed by atoms with Gasteiger partial charge in [-0.25, -0.2) is 0 Å². The highest BCUT2D eigenvalue weighted by Gasteiger charge is 2.31. The minimum Gasteiger partial charge on any atom is -0.480 e. The van der Waals surface area contributed by atoms with E-state index in [1.54, 1.807) is 25.7 Å². The summed E-state index contributed by atoms with van der Waals surface area (Å²) >= 11 is 1.58. The van der Waals surface area contributed by atoms with Crippen LogP contribution in [-0.2, 0) is 9.59 Å². The van der Waals surface area contributed by atoms with Crippen molar-refractivity contribution in [3.8, 4) is 0 Å². The monoisotopic (exact) mass is 290 g/mol. The number of unbranched alkanes of at least 4 members (excludes halogenated alkanes) is 1. The number of aliphatic carboxylic acids is 1. The number of amides is 1. The van der Waals surface area contributed by atoms with Gasteiger partial charge in [0, 0.05) is 7.05 Å². The molecule has 6 heteroatoms. The van der Waals surface area contributed by atoms with Crippen LogP contribution in [0, 0.1) is 0 Å². The summed E-state index contributed by atoms with van der Waals surface area (Å²) in [4.78, 5) is 22.2. The first-order chi connectivity index (χ1) is 8.96. The molecule has 0 aromatic rings. The largest absolute Gasteiger partial charge is 0.480 e. The molecular weight excluding hydrogens is 264 g/mol. The lowest BCUT2D eigenvalue weighted by Crippen LogP contribution is -2.49. The maximum atomic E-state index is 11.3. The number of carbonyl (C=O) groups excluding carboxylic acids is 1. The molecule has 0 heterocycles. The fourth-order valence-corrected chi connectivity index (χ4v) is 2.47. The molecule has 19 heavy (non-hydrogen) atoms. The zero-order chi connectivity index (χ0) is 14.7. The number of carbonyl (C=O) groups is 2. The van der Waals surface area contributed by atoms with Crippen LogP contribution in [0.15, 0.2) is 0 Å². The maximum Gasteiger partial charge on any atom is 0.323 e. The fraction of sp³-hybridized carbons (Fsp3) is 0.846. The minimum atomic E-state index is -0.832. The third-order valence-corrected chi connectivity index (χ3v) is 4.01. The Morgan fingerprint density at radius 1 is 1.32 bits per heavy atom. The molecule has 0 saturated carbocycles. The van der Waals surface area contributed by atoms with Gasteiger partial charge in [-0.05, 0) is 38.5 Å². The van der Waals surface area contributed by atoms with Crippen molar-refractivity contribution in [3.05, 3.63) is 0 Å². The van der Waals surface area contributed by atoms with Gasteiger partial charge in [-0.2, -0.15) is 11.8 Å². The highest BCUT2D eigenvalue weighted by atomic mass is 32.2. The van der Waals surface area contributed by atoms with Crippen molar-refractivity contribution in [2.24, 2.45) is 0 Å². The molecule has 1 amide bonds. The number of thioether (sulfide) groups is 1. The van der Waals surface area contributed by atoms with E-state index in [4.69, 9.17) is 0 Å². The number of rotatable bonds is 11. The van der Waals surface area contributed by atoms with E-state index in [1.807, 2.05) is 6.92 Å². The van der Waals surface area contributed by atoms with Crippen LogP contribution in [0.25, 0.3) is 0 Å². The smallest absolute Gasteiger partial charge is 0.323 e. The average molecular weight is 290 g/mol. The van der Waals surface area contributed by atoms with E-state index < -0.39 is 11.5 Å². The summed E-state index contributed by atoms with van der Waals surface area (Å²) in [5, 5.41) is 14.9. The maximum absolute atomic E-state index is 11.3. The fourth-order valence-electron chi connectivity index (χ4n) is 1.59. The second-order valence-electron chi connectivity index (χ2n) is 4.75. The number of carboxylic acid groups (broad SMARTS) is 1. The molecule has 0 radical (unpaired) electrons. The second kappa shape index (κ2) is 10.1. The number of carboxylic acids is 1. The quantitative estimate of drug-likeness (QED) is 0.502. The molecule has 0 aliphatic heterocycles. The summed E-state index contributed by atoms with van der Waals surface area (Å²) in [5.74, 6) is 0.599.